The number of nitrogens with zero attached hydrogens (tertiary/aromatic N) is 2. The van der Waals surface area contributed by atoms with Crippen LogP contribution in [0.2, 0.25) is 0 Å². The predicted octanol–water partition coefficient (Wildman–Crippen LogP) is 0.973. The average Bonchev–Trinajstić information content (AvgIpc) is 2.46. The Kier molecular flexibility index (Phi) is 4.72. The molecule has 0 fully saturated rings. The molecule has 1 amide bonds. The molecule has 124 valence electrons. The molecule has 0 bridgehead atoms. The van der Waals surface area contributed by atoms with Gasteiger partial charge in [0.2, 0.25) is 10.0 Å². The standard InChI is InChI=1S/C16H20N2O4S/c1-11-5-7-13(8-6-11)23(21,22)18-9-12(2)15(14(19)10-18)16(20)17(3)4/h5-8H,9-10H2,1-4H3. The van der Waals surface area contributed by atoms with Gasteiger partial charge in [-0.25, -0.2) is 8.42 Å². The number of amides is 1. The number of likely N-dealkylation sites (N-methyl/N-ethyl adjacent to an activating group) is 1. The van der Waals surface area contributed by atoms with Crippen molar-refractivity contribution in [2.24, 2.45) is 0 Å². The van der Waals surface area contributed by atoms with E-state index in [9.17, 15) is 18.0 Å². The summed E-state index contributed by atoms with van der Waals surface area (Å²) < 4.78 is 26.4. The molecule has 1 heterocycles. The molecule has 0 aliphatic carbocycles. The van der Waals surface area contributed by atoms with Crippen molar-refractivity contribution >= 4 is 21.7 Å². The van der Waals surface area contributed by atoms with Gasteiger partial charge in [0.05, 0.1) is 17.0 Å². The van der Waals surface area contributed by atoms with Crippen molar-refractivity contribution in [2.45, 2.75) is 18.7 Å². The number of benzene rings is 1. The van der Waals surface area contributed by atoms with Crippen LogP contribution in [-0.2, 0) is 19.6 Å². The van der Waals surface area contributed by atoms with Crippen LogP contribution in [0.5, 0.6) is 0 Å². The zero-order valence-corrected chi connectivity index (χ0v) is 14.5. The molecule has 0 N–H and O–H groups in total. The molecule has 0 spiro atoms. The lowest BCUT2D eigenvalue weighted by molar-refractivity contribution is -0.128. The molecule has 0 radical (unpaired) electrons. The molecular weight excluding hydrogens is 316 g/mol. The first kappa shape index (κ1) is 17.4. The molecule has 1 aliphatic heterocycles. The third kappa shape index (κ3) is 3.35. The highest BCUT2D eigenvalue weighted by atomic mass is 32.2. The fourth-order valence-corrected chi connectivity index (χ4v) is 3.86. The lowest BCUT2D eigenvalue weighted by Crippen LogP contribution is -2.44. The van der Waals surface area contributed by atoms with Gasteiger partial charge in [-0.3, -0.25) is 9.59 Å². The van der Waals surface area contributed by atoms with E-state index < -0.39 is 15.8 Å². The van der Waals surface area contributed by atoms with E-state index in [2.05, 4.69) is 0 Å². The first-order chi connectivity index (χ1) is 10.6. The zero-order chi connectivity index (χ0) is 17.4. The van der Waals surface area contributed by atoms with Gasteiger partial charge in [0.1, 0.15) is 0 Å². The van der Waals surface area contributed by atoms with Crippen LogP contribution in [0.15, 0.2) is 40.3 Å². The van der Waals surface area contributed by atoms with Crippen molar-refractivity contribution < 1.29 is 18.0 Å². The maximum atomic E-state index is 12.7. The number of aryl methyl sites for hydroxylation is 1. The summed E-state index contributed by atoms with van der Waals surface area (Å²) in [6.45, 7) is 3.21. The van der Waals surface area contributed by atoms with Gasteiger partial charge in [-0.15, -0.1) is 0 Å². The molecule has 7 heteroatoms. The first-order valence-electron chi connectivity index (χ1n) is 7.16. The minimum absolute atomic E-state index is 0.0386. The Bertz CT molecular complexity index is 777. The third-order valence-electron chi connectivity index (χ3n) is 3.72. The van der Waals surface area contributed by atoms with E-state index in [1.807, 2.05) is 6.92 Å². The Balaban J connectivity index is 2.36. The Hall–Kier alpha value is -1.99. The van der Waals surface area contributed by atoms with Crippen LogP contribution in [0.25, 0.3) is 0 Å². The SMILES string of the molecule is CC1=C(C(=O)N(C)C)C(=O)CN(S(=O)(=O)c2ccc(C)cc2)C1. The van der Waals surface area contributed by atoms with Crippen molar-refractivity contribution in [3.8, 4) is 0 Å². The van der Waals surface area contributed by atoms with Crippen molar-refractivity contribution in [1.82, 2.24) is 9.21 Å². The van der Waals surface area contributed by atoms with Crippen molar-refractivity contribution in [3.63, 3.8) is 0 Å². The minimum atomic E-state index is -3.76. The van der Waals surface area contributed by atoms with E-state index in [1.165, 1.54) is 17.0 Å². The zero-order valence-electron chi connectivity index (χ0n) is 13.7. The number of hydrogen-bond donors (Lipinski definition) is 0. The summed E-state index contributed by atoms with van der Waals surface area (Å²) in [5, 5.41) is 0. The Morgan fingerprint density at radius 3 is 2.13 bits per heavy atom. The third-order valence-corrected chi connectivity index (χ3v) is 5.52. The van der Waals surface area contributed by atoms with Crippen molar-refractivity contribution in [2.75, 3.05) is 27.2 Å². The number of ketones is 1. The molecule has 0 unspecified atom stereocenters. The topological polar surface area (TPSA) is 74.8 Å². The van der Waals surface area contributed by atoms with Gasteiger partial charge >= 0.3 is 0 Å². The quantitative estimate of drug-likeness (QED) is 0.771. The van der Waals surface area contributed by atoms with Crippen LogP contribution < -0.4 is 0 Å². The van der Waals surface area contributed by atoms with Crippen LogP contribution in [0.3, 0.4) is 0 Å². The fraction of sp³-hybridized carbons (Fsp3) is 0.375. The summed E-state index contributed by atoms with van der Waals surface area (Å²) >= 11 is 0. The summed E-state index contributed by atoms with van der Waals surface area (Å²) in [7, 11) is -0.639. The second-order valence-corrected chi connectivity index (χ2v) is 7.80. The van der Waals surface area contributed by atoms with Crippen molar-refractivity contribution in [3.05, 3.63) is 41.0 Å². The maximum Gasteiger partial charge on any atom is 0.256 e. The average molecular weight is 336 g/mol. The summed E-state index contributed by atoms with van der Waals surface area (Å²) in [6, 6.07) is 6.47. The second kappa shape index (κ2) is 6.25. The van der Waals surface area contributed by atoms with Crippen LogP contribution in [0, 0.1) is 6.92 Å². The highest BCUT2D eigenvalue weighted by Gasteiger charge is 2.35. The molecule has 0 aromatic heterocycles. The summed E-state index contributed by atoms with van der Waals surface area (Å²) in [5.41, 5.74) is 1.51. The normalized spacial score (nSPS) is 16.6. The number of rotatable bonds is 3. The number of carbonyl (C=O) groups excluding carboxylic acids is 2. The second-order valence-electron chi connectivity index (χ2n) is 5.86. The van der Waals surface area contributed by atoms with Crippen LogP contribution in [0.1, 0.15) is 12.5 Å². The van der Waals surface area contributed by atoms with Crippen molar-refractivity contribution in [1.29, 1.82) is 0 Å². The van der Waals surface area contributed by atoms with Gasteiger partial charge in [-0.1, -0.05) is 17.7 Å². The number of hydrogen-bond acceptors (Lipinski definition) is 4. The lowest BCUT2D eigenvalue weighted by atomic mass is 10.0. The Morgan fingerprint density at radius 2 is 1.65 bits per heavy atom. The molecular formula is C16H20N2O4S. The molecule has 1 aromatic rings. The van der Waals surface area contributed by atoms with Gasteiger partial charge in [-0.2, -0.15) is 4.31 Å². The predicted molar refractivity (Wildman–Crippen MR) is 86.3 cm³/mol. The monoisotopic (exact) mass is 336 g/mol. The van der Waals surface area contributed by atoms with Gasteiger partial charge in [0.15, 0.2) is 5.78 Å². The smallest absolute Gasteiger partial charge is 0.256 e. The largest absolute Gasteiger partial charge is 0.345 e. The molecule has 0 saturated carbocycles. The summed E-state index contributed by atoms with van der Waals surface area (Å²) in [5.74, 6) is -0.858. The molecule has 23 heavy (non-hydrogen) atoms. The first-order valence-corrected chi connectivity index (χ1v) is 8.60. The van der Waals surface area contributed by atoms with E-state index in [0.717, 1.165) is 9.87 Å². The Labute approximate surface area is 136 Å². The number of Topliss-reactive ketones (excluding diaryl/α,β-unsaturated/α-hetero) is 1. The molecule has 6 nitrogen and oxygen atoms in total. The molecule has 0 atom stereocenters. The molecule has 1 aromatic carbocycles. The highest BCUT2D eigenvalue weighted by Crippen LogP contribution is 2.23. The van der Waals surface area contributed by atoms with Gasteiger partial charge in [0, 0.05) is 20.6 Å². The van der Waals surface area contributed by atoms with Crippen LogP contribution in [-0.4, -0.2) is 56.5 Å². The highest BCUT2D eigenvalue weighted by molar-refractivity contribution is 7.89. The Morgan fingerprint density at radius 1 is 1.09 bits per heavy atom. The lowest BCUT2D eigenvalue weighted by Gasteiger charge is -2.28. The van der Waals surface area contributed by atoms with Crippen LogP contribution >= 0.6 is 0 Å². The maximum absolute atomic E-state index is 12.7. The van der Waals surface area contributed by atoms with E-state index in [4.69, 9.17) is 0 Å². The number of carbonyl (C=O) groups is 2. The molecule has 0 saturated heterocycles. The fourth-order valence-electron chi connectivity index (χ4n) is 2.43. The number of sulfonamides is 1. The van der Waals surface area contributed by atoms with E-state index in [1.54, 1.807) is 33.2 Å². The van der Waals surface area contributed by atoms with Gasteiger partial charge in [0.25, 0.3) is 5.91 Å². The summed E-state index contributed by atoms with van der Waals surface area (Å²) in [6.07, 6.45) is 0. The molecule has 2 rings (SSSR count). The van der Waals surface area contributed by atoms with Gasteiger partial charge in [-0.05, 0) is 31.6 Å². The van der Waals surface area contributed by atoms with E-state index in [-0.39, 0.29) is 29.5 Å². The molecule has 1 aliphatic rings. The van der Waals surface area contributed by atoms with E-state index in [0.29, 0.717) is 5.57 Å². The van der Waals surface area contributed by atoms with E-state index >= 15 is 0 Å². The minimum Gasteiger partial charge on any atom is -0.345 e. The van der Waals surface area contributed by atoms with Gasteiger partial charge < -0.3 is 4.90 Å². The van der Waals surface area contributed by atoms with Crippen LogP contribution in [0.4, 0.5) is 0 Å². The summed E-state index contributed by atoms with van der Waals surface area (Å²) in [4.78, 5) is 25.8.